The van der Waals surface area contributed by atoms with Crippen LogP contribution in [-0.2, 0) is 24.3 Å². The highest BCUT2D eigenvalue weighted by Gasteiger charge is 2.26. The van der Waals surface area contributed by atoms with Crippen molar-refractivity contribution in [1.82, 2.24) is 9.88 Å². The van der Waals surface area contributed by atoms with E-state index in [0.717, 1.165) is 48.1 Å². The molecule has 1 aromatic heterocycles. The summed E-state index contributed by atoms with van der Waals surface area (Å²) in [6.45, 7) is 1.64. The molecule has 1 saturated carbocycles. The van der Waals surface area contributed by atoms with Crippen molar-refractivity contribution in [3.63, 3.8) is 0 Å². The molecule has 0 radical (unpaired) electrons. The van der Waals surface area contributed by atoms with E-state index >= 15 is 0 Å². The van der Waals surface area contributed by atoms with Crippen LogP contribution in [0.4, 0.5) is 4.39 Å². The van der Waals surface area contributed by atoms with E-state index in [1.54, 1.807) is 24.5 Å². The maximum atomic E-state index is 13.4. The van der Waals surface area contributed by atoms with Crippen LogP contribution in [-0.4, -0.2) is 22.4 Å². The Balaban J connectivity index is 1.41. The summed E-state index contributed by atoms with van der Waals surface area (Å²) in [6, 6.07) is 18.4. The first kappa shape index (κ1) is 23.0. The Bertz CT molecular complexity index is 1020. The monoisotopic (exact) mass is 446 g/mol. The van der Waals surface area contributed by atoms with Gasteiger partial charge in [0.05, 0.1) is 6.61 Å². The summed E-state index contributed by atoms with van der Waals surface area (Å²) in [5.41, 5.74) is 3.17. The molecule has 3 aromatic rings. The second kappa shape index (κ2) is 11.6. The fourth-order valence-corrected chi connectivity index (χ4v) is 4.42. The maximum absolute atomic E-state index is 13.4. The lowest BCUT2D eigenvalue weighted by Crippen LogP contribution is -2.36. The fraction of sp³-hybridized carbons (Fsp3) is 0.357. The molecule has 0 spiro atoms. The van der Waals surface area contributed by atoms with E-state index < -0.39 is 0 Å². The summed E-state index contributed by atoms with van der Waals surface area (Å²) in [5, 5.41) is 0. The van der Waals surface area contributed by atoms with E-state index in [9.17, 15) is 9.18 Å². The normalized spacial score (nSPS) is 14.1. The smallest absolute Gasteiger partial charge is 0.226 e. The van der Waals surface area contributed by atoms with Crippen LogP contribution in [0.25, 0.3) is 0 Å². The van der Waals surface area contributed by atoms with E-state index in [0.29, 0.717) is 26.1 Å². The molecule has 0 atom stereocenters. The number of pyridine rings is 1. The Morgan fingerprint density at radius 3 is 2.39 bits per heavy atom. The zero-order valence-corrected chi connectivity index (χ0v) is 19.0. The molecule has 4 rings (SSSR count). The zero-order chi connectivity index (χ0) is 22.9. The molecule has 1 amide bonds. The van der Waals surface area contributed by atoms with Crippen LogP contribution in [0.2, 0.25) is 0 Å². The molecule has 1 heterocycles. The largest absolute Gasteiger partial charge is 0.493 e. The summed E-state index contributed by atoms with van der Waals surface area (Å²) in [7, 11) is 0. The topological polar surface area (TPSA) is 42.4 Å². The van der Waals surface area contributed by atoms with Gasteiger partial charge in [0.2, 0.25) is 5.91 Å². The van der Waals surface area contributed by atoms with E-state index in [2.05, 4.69) is 4.98 Å². The third kappa shape index (κ3) is 6.88. The zero-order valence-electron chi connectivity index (χ0n) is 19.0. The molecular formula is C28H31FN2O2. The van der Waals surface area contributed by atoms with E-state index in [1.807, 2.05) is 41.3 Å². The minimum atomic E-state index is -0.230. The maximum Gasteiger partial charge on any atom is 0.226 e. The first-order valence-electron chi connectivity index (χ1n) is 11.8. The summed E-state index contributed by atoms with van der Waals surface area (Å²) in [6.07, 6.45) is 9.72. The molecule has 0 N–H and O–H groups in total. The van der Waals surface area contributed by atoms with Gasteiger partial charge in [-0.3, -0.25) is 9.78 Å². The number of carbonyl (C=O) groups is 1. The van der Waals surface area contributed by atoms with Crippen LogP contribution in [0, 0.1) is 11.7 Å². The number of carbonyl (C=O) groups excluding carboxylic acids is 1. The van der Waals surface area contributed by atoms with Crippen LogP contribution < -0.4 is 4.74 Å². The molecular weight excluding hydrogens is 415 g/mol. The lowest BCUT2D eigenvalue weighted by molar-refractivity contribution is -0.137. The lowest BCUT2D eigenvalue weighted by Gasteiger charge is -2.29. The van der Waals surface area contributed by atoms with E-state index in [1.165, 1.54) is 18.6 Å². The van der Waals surface area contributed by atoms with Crippen molar-refractivity contribution in [3.05, 3.63) is 95.6 Å². The third-order valence-corrected chi connectivity index (χ3v) is 6.23. The number of nitrogens with zero attached hydrogens (tertiary/aromatic N) is 2. The number of hydrogen-bond donors (Lipinski definition) is 0. The third-order valence-electron chi connectivity index (χ3n) is 6.23. The van der Waals surface area contributed by atoms with Crippen molar-refractivity contribution in [2.75, 3.05) is 6.61 Å². The second-order valence-corrected chi connectivity index (χ2v) is 8.76. The van der Waals surface area contributed by atoms with Gasteiger partial charge in [-0.2, -0.15) is 0 Å². The van der Waals surface area contributed by atoms with Crippen molar-refractivity contribution in [2.24, 2.45) is 5.92 Å². The Labute approximate surface area is 195 Å². The number of hydrogen-bond acceptors (Lipinski definition) is 3. The van der Waals surface area contributed by atoms with Crippen molar-refractivity contribution < 1.29 is 13.9 Å². The van der Waals surface area contributed by atoms with Gasteiger partial charge in [0, 0.05) is 37.8 Å². The van der Waals surface area contributed by atoms with Crippen molar-refractivity contribution in [1.29, 1.82) is 0 Å². The van der Waals surface area contributed by atoms with Gasteiger partial charge in [-0.1, -0.05) is 43.5 Å². The minimum Gasteiger partial charge on any atom is -0.493 e. The average molecular weight is 447 g/mol. The van der Waals surface area contributed by atoms with Crippen molar-refractivity contribution in [3.8, 4) is 5.75 Å². The van der Waals surface area contributed by atoms with Gasteiger partial charge in [-0.15, -0.1) is 0 Å². The molecule has 172 valence electrons. The predicted molar refractivity (Wildman–Crippen MR) is 127 cm³/mol. The standard InChI is InChI=1S/C28H31FN2O2/c29-26-11-9-22(10-12-26)15-18-33-27-8-4-5-24(19-27)21-31(20-23-13-16-30-17-14-23)28(32)25-6-2-1-3-7-25/h4-5,8-14,16-17,19,25H,1-3,6-7,15,18,20-21H2. The quantitative estimate of drug-likeness (QED) is 0.408. The second-order valence-electron chi connectivity index (χ2n) is 8.76. The van der Waals surface area contributed by atoms with E-state index in [4.69, 9.17) is 4.74 Å². The molecule has 4 nitrogen and oxygen atoms in total. The van der Waals surface area contributed by atoms with Gasteiger partial charge in [0.15, 0.2) is 0 Å². The molecule has 1 aliphatic rings. The molecule has 5 heteroatoms. The summed E-state index contributed by atoms with van der Waals surface area (Å²) in [5.74, 6) is 0.917. The molecule has 2 aromatic carbocycles. The van der Waals surface area contributed by atoms with Gasteiger partial charge in [-0.05, 0) is 65.9 Å². The first-order valence-corrected chi connectivity index (χ1v) is 11.8. The highest BCUT2D eigenvalue weighted by molar-refractivity contribution is 5.79. The van der Waals surface area contributed by atoms with Crippen LogP contribution in [0.3, 0.4) is 0 Å². The number of ether oxygens (including phenoxy) is 1. The van der Waals surface area contributed by atoms with Gasteiger partial charge >= 0.3 is 0 Å². The number of rotatable bonds is 9. The van der Waals surface area contributed by atoms with Crippen LogP contribution in [0.5, 0.6) is 5.75 Å². The molecule has 0 bridgehead atoms. The highest BCUT2D eigenvalue weighted by atomic mass is 19.1. The Hall–Kier alpha value is -3.21. The Kier molecular flexibility index (Phi) is 8.07. The van der Waals surface area contributed by atoms with Gasteiger partial charge in [-0.25, -0.2) is 4.39 Å². The lowest BCUT2D eigenvalue weighted by atomic mass is 9.88. The fourth-order valence-electron chi connectivity index (χ4n) is 4.42. The molecule has 33 heavy (non-hydrogen) atoms. The number of aromatic nitrogens is 1. The summed E-state index contributed by atoms with van der Waals surface area (Å²) < 4.78 is 19.0. The van der Waals surface area contributed by atoms with Crippen LogP contribution >= 0.6 is 0 Å². The van der Waals surface area contributed by atoms with Crippen LogP contribution in [0.1, 0.15) is 48.8 Å². The highest BCUT2D eigenvalue weighted by Crippen LogP contribution is 2.27. The predicted octanol–water partition coefficient (Wildman–Crippen LogP) is 5.95. The van der Waals surface area contributed by atoms with Crippen LogP contribution in [0.15, 0.2) is 73.1 Å². The summed E-state index contributed by atoms with van der Waals surface area (Å²) in [4.78, 5) is 19.5. The molecule has 0 saturated heterocycles. The summed E-state index contributed by atoms with van der Waals surface area (Å²) >= 11 is 0. The number of benzene rings is 2. The van der Waals surface area contributed by atoms with E-state index in [-0.39, 0.29) is 17.6 Å². The number of amides is 1. The Morgan fingerprint density at radius 1 is 0.909 bits per heavy atom. The van der Waals surface area contributed by atoms with Crippen molar-refractivity contribution >= 4 is 5.91 Å². The first-order chi connectivity index (χ1) is 16.2. The SMILES string of the molecule is O=C(C1CCCCC1)N(Cc1ccncc1)Cc1cccc(OCCc2ccc(F)cc2)c1. The molecule has 0 aliphatic heterocycles. The van der Waals surface area contributed by atoms with Gasteiger partial charge < -0.3 is 9.64 Å². The average Bonchev–Trinajstić information content (AvgIpc) is 2.86. The van der Waals surface area contributed by atoms with Gasteiger partial charge in [0.1, 0.15) is 11.6 Å². The molecule has 1 fully saturated rings. The van der Waals surface area contributed by atoms with Gasteiger partial charge in [0.25, 0.3) is 0 Å². The molecule has 0 unspecified atom stereocenters. The number of halogens is 1. The Morgan fingerprint density at radius 2 is 1.64 bits per heavy atom. The minimum absolute atomic E-state index is 0.121. The van der Waals surface area contributed by atoms with Crippen molar-refractivity contribution in [2.45, 2.75) is 51.6 Å². The molecule has 1 aliphatic carbocycles.